The molecule has 7 heteroatoms. The molecule has 0 bridgehead atoms. The minimum absolute atomic E-state index is 0.00728. The molecule has 1 aromatic carbocycles. The van der Waals surface area contributed by atoms with Gasteiger partial charge < -0.3 is 4.74 Å². The molecule has 0 atom stereocenters. The Bertz CT molecular complexity index is 615. The Morgan fingerprint density at radius 3 is 2.57 bits per heavy atom. The van der Waals surface area contributed by atoms with Crippen molar-refractivity contribution in [1.82, 2.24) is 4.31 Å². The fraction of sp³-hybridized carbons (Fsp3) is 0.571. The highest BCUT2D eigenvalue weighted by atomic mass is 35.5. The number of benzene rings is 1. The lowest BCUT2D eigenvalue weighted by atomic mass is 10.1. The number of hydrogen-bond donors (Lipinski definition) is 0. The van der Waals surface area contributed by atoms with Gasteiger partial charge in [0.05, 0.1) is 4.90 Å². The van der Waals surface area contributed by atoms with Gasteiger partial charge >= 0.3 is 0 Å². The van der Waals surface area contributed by atoms with Gasteiger partial charge in [-0.1, -0.05) is 0 Å². The Kier molecular flexibility index (Phi) is 5.24. The fourth-order valence-electron chi connectivity index (χ4n) is 2.45. The van der Waals surface area contributed by atoms with Gasteiger partial charge in [0.25, 0.3) is 0 Å². The Labute approximate surface area is 129 Å². The van der Waals surface area contributed by atoms with Gasteiger partial charge in [-0.25, -0.2) is 12.8 Å². The zero-order valence-electron chi connectivity index (χ0n) is 12.1. The van der Waals surface area contributed by atoms with Crippen LogP contribution >= 0.6 is 11.6 Å². The average molecular weight is 336 g/mol. The monoisotopic (exact) mass is 335 g/mol. The maximum absolute atomic E-state index is 13.9. The molecule has 0 N–H and O–H groups in total. The summed E-state index contributed by atoms with van der Waals surface area (Å²) in [6, 6.07) is 2.61. The fourth-order valence-corrected chi connectivity index (χ4v) is 4.30. The van der Waals surface area contributed by atoms with Gasteiger partial charge in [-0.2, -0.15) is 4.31 Å². The van der Waals surface area contributed by atoms with E-state index in [9.17, 15) is 12.8 Å². The van der Waals surface area contributed by atoms with E-state index >= 15 is 0 Å². The molecule has 1 heterocycles. The van der Waals surface area contributed by atoms with Gasteiger partial charge in [-0.15, -0.1) is 11.6 Å². The van der Waals surface area contributed by atoms with E-state index in [0.717, 1.165) is 0 Å². The van der Waals surface area contributed by atoms with Crippen molar-refractivity contribution >= 4 is 21.6 Å². The van der Waals surface area contributed by atoms with E-state index in [1.54, 1.807) is 0 Å². The summed E-state index contributed by atoms with van der Waals surface area (Å²) in [4.78, 5) is -0.00728. The van der Waals surface area contributed by atoms with Crippen molar-refractivity contribution in [3.63, 3.8) is 0 Å². The molecule has 0 saturated carbocycles. The number of nitrogens with zero attached hydrogens (tertiary/aromatic N) is 1. The average Bonchev–Trinajstić information content (AvgIpc) is 2.49. The van der Waals surface area contributed by atoms with E-state index in [4.69, 9.17) is 16.3 Å². The van der Waals surface area contributed by atoms with E-state index in [-0.39, 0.29) is 22.4 Å². The number of hydrogen-bond acceptors (Lipinski definition) is 3. The lowest BCUT2D eigenvalue weighted by Crippen LogP contribution is -2.40. The molecular formula is C14H19ClFNO3S. The van der Waals surface area contributed by atoms with Crippen molar-refractivity contribution < 1.29 is 17.5 Å². The van der Waals surface area contributed by atoms with Crippen molar-refractivity contribution in [2.75, 3.05) is 20.3 Å². The molecule has 1 aromatic rings. The largest absolute Gasteiger partial charge is 0.381 e. The van der Waals surface area contributed by atoms with Gasteiger partial charge in [0.15, 0.2) is 0 Å². The third-order valence-corrected chi connectivity index (χ3v) is 6.22. The first-order valence-electron chi connectivity index (χ1n) is 6.78. The van der Waals surface area contributed by atoms with Crippen molar-refractivity contribution in [2.24, 2.45) is 0 Å². The van der Waals surface area contributed by atoms with Crippen LogP contribution in [0.4, 0.5) is 4.39 Å². The van der Waals surface area contributed by atoms with E-state index < -0.39 is 15.8 Å². The number of ether oxygens (including phenoxy) is 1. The summed E-state index contributed by atoms with van der Waals surface area (Å²) in [7, 11) is -2.21. The molecule has 4 nitrogen and oxygen atoms in total. The molecule has 1 saturated heterocycles. The summed E-state index contributed by atoms with van der Waals surface area (Å²) in [6.45, 7) is 2.55. The summed E-state index contributed by atoms with van der Waals surface area (Å²) in [5.74, 6) is -0.479. The first-order chi connectivity index (χ1) is 9.87. The second-order valence-corrected chi connectivity index (χ2v) is 7.43. The minimum atomic E-state index is -3.75. The number of alkyl halides is 1. The van der Waals surface area contributed by atoms with Crippen LogP contribution in [-0.4, -0.2) is 39.0 Å². The van der Waals surface area contributed by atoms with Crippen molar-refractivity contribution in [3.8, 4) is 0 Å². The highest BCUT2D eigenvalue weighted by Crippen LogP contribution is 2.27. The van der Waals surface area contributed by atoms with Crippen LogP contribution in [0, 0.1) is 12.7 Å². The van der Waals surface area contributed by atoms with Crippen molar-refractivity contribution in [3.05, 3.63) is 29.1 Å². The second-order valence-electron chi connectivity index (χ2n) is 5.20. The third kappa shape index (κ3) is 3.39. The summed E-state index contributed by atoms with van der Waals surface area (Å²) in [6.07, 6.45) is 1.29. The van der Waals surface area contributed by atoms with Crippen LogP contribution in [0.25, 0.3) is 0 Å². The van der Waals surface area contributed by atoms with Gasteiger partial charge in [-0.3, -0.25) is 0 Å². The van der Waals surface area contributed by atoms with E-state index in [1.807, 2.05) is 0 Å². The summed E-state index contributed by atoms with van der Waals surface area (Å²) >= 11 is 5.71. The highest BCUT2D eigenvalue weighted by Gasteiger charge is 2.31. The Morgan fingerprint density at radius 2 is 2.00 bits per heavy atom. The molecule has 1 aliphatic rings. The quantitative estimate of drug-likeness (QED) is 0.795. The van der Waals surface area contributed by atoms with E-state index in [2.05, 4.69) is 0 Å². The first kappa shape index (κ1) is 16.7. The summed E-state index contributed by atoms with van der Waals surface area (Å²) in [5.41, 5.74) is 0.585. The zero-order valence-corrected chi connectivity index (χ0v) is 13.7. The van der Waals surface area contributed by atoms with Crippen LogP contribution in [0.2, 0.25) is 0 Å². The molecule has 1 fully saturated rings. The zero-order chi connectivity index (χ0) is 15.6. The molecular weight excluding hydrogens is 317 g/mol. The van der Waals surface area contributed by atoms with Gasteiger partial charge in [-0.05, 0) is 37.5 Å². The predicted molar refractivity (Wildman–Crippen MR) is 79.5 cm³/mol. The third-order valence-electron chi connectivity index (χ3n) is 3.87. The topological polar surface area (TPSA) is 46.6 Å². The molecule has 0 spiro atoms. The smallest absolute Gasteiger partial charge is 0.243 e. The summed E-state index contributed by atoms with van der Waals surface area (Å²) < 4.78 is 46.0. The maximum atomic E-state index is 13.9. The maximum Gasteiger partial charge on any atom is 0.243 e. The Morgan fingerprint density at radius 1 is 1.38 bits per heavy atom. The van der Waals surface area contributed by atoms with Crippen LogP contribution in [0.15, 0.2) is 17.0 Å². The second kappa shape index (κ2) is 6.60. The van der Waals surface area contributed by atoms with Crippen LogP contribution in [0.5, 0.6) is 0 Å². The Hall–Kier alpha value is -0.690. The minimum Gasteiger partial charge on any atom is -0.381 e. The molecule has 0 radical (unpaired) electrons. The highest BCUT2D eigenvalue weighted by molar-refractivity contribution is 7.89. The first-order valence-corrected chi connectivity index (χ1v) is 8.76. The van der Waals surface area contributed by atoms with Crippen molar-refractivity contribution in [2.45, 2.75) is 36.6 Å². The molecule has 0 amide bonds. The van der Waals surface area contributed by atoms with Crippen LogP contribution < -0.4 is 0 Å². The lowest BCUT2D eigenvalue weighted by Gasteiger charge is -2.31. The van der Waals surface area contributed by atoms with Crippen LogP contribution in [0.3, 0.4) is 0 Å². The molecule has 21 heavy (non-hydrogen) atoms. The molecule has 0 aromatic heterocycles. The Balaban J connectivity index is 2.40. The molecule has 2 rings (SSSR count). The van der Waals surface area contributed by atoms with E-state index in [1.165, 1.54) is 30.4 Å². The SMILES string of the molecule is Cc1c(F)cc(CCl)cc1S(=O)(=O)N(C)C1CCOCC1. The van der Waals surface area contributed by atoms with Crippen LogP contribution in [0.1, 0.15) is 24.0 Å². The summed E-state index contributed by atoms with van der Waals surface area (Å²) in [5, 5.41) is 0. The number of halogens is 2. The lowest BCUT2D eigenvalue weighted by molar-refractivity contribution is 0.0632. The standard InChI is InChI=1S/C14H19ClFNO3S/c1-10-13(16)7-11(9-15)8-14(10)21(18,19)17(2)12-3-5-20-6-4-12/h7-8,12H,3-6,9H2,1-2H3. The molecule has 0 aliphatic carbocycles. The predicted octanol–water partition coefficient (Wildman–Crippen LogP) is 2.67. The van der Waals surface area contributed by atoms with Gasteiger partial charge in [0, 0.05) is 37.7 Å². The molecule has 1 aliphatic heterocycles. The normalized spacial score (nSPS) is 17.4. The molecule has 0 unspecified atom stereocenters. The van der Waals surface area contributed by atoms with Crippen molar-refractivity contribution in [1.29, 1.82) is 0 Å². The molecule has 118 valence electrons. The number of sulfonamides is 1. The van der Waals surface area contributed by atoms with Crippen LogP contribution in [-0.2, 0) is 20.6 Å². The van der Waals surface area contributed by atoms with E-state index in [0.29, 0.717) is 31.6 Å². The van der Waals surface area contributed by atoms with Gasteiger partial charge in [0.2, 0.25) is 10.0 Å². The number of rotatable bonds is 4. The van der Waals surface area contributed by atoms with Gasteiger partial charge in [0.1, 0.15) is 5.82 Å².